The second-order valence-electron chi connectivity index (χ2n) is 5.61. The highest BCUT2D eigenvalue weighted by atomic mass is 35.5. The maximum atomic E-state index is 12.7. The number of nitrogens with zero attached hydrogens (tertiary/aromatic N) is 3. The molecule has 3 aromatic rings. The zero-order valence-corrected chi connectivity index (χ0v) is 14.1. The largest absolute Gasteiger partial charge is 0.336 e. The third kappa shape index (κ3) is 3.03. The van der Waals surface area contributed by atoms with E-state index in [9.17, 15) is 9.59 Å². The molecule has 1 amide bonds. The summed E-state index contributed by atoms with van der Waals surface area (Å²) in [7, 11) is 3.35. The molecule has 5 nitrogen and oxygen atoms in total. The van der Waals surface area contributed by atoms with E-state index in [1.54, 1.807) is 32.3 Å². The molecule has 0 bridgehead atoms. The monoisotopic (exact) mass is 341 g/mol. The van der Waals surface area contributed by atoms with Crippen LogP contribution in [0.3, 0.4) is 0 Å². The summed E-state index contributed by atoms with van der Waals surface area (Å²) in [5.41, 5.74) is 1.10. The van der Waals surface area contributed by atoms with Crippen molar-refractivity contribution in [1.82, 2.24) is 14.7 Å². The number of carbonyl (C=O) groups excluding carboxylic acids is 1. The van der Waals surface area contributed by atoms with Crippen LogP contribution < -0.4 is 5.43 Å². The molecule has 0 spiro atoms. The van der Waals surface area contributed by atoms with Gasteiger partial charge in [-0.3, -0.25) is 14.3 Å². The van der Waals surface area contributed by atoms with Crippen LogP contribution in [0.5, 0.6) is 0 Å². The Bertz CT molecular complexity index is 967. The highest BCUT2D eigenvalue weighted by Crippen LogP contribution is 2.16. The number of benzene rings is 2. The van der Waals surface area contributed by atoms with Gasteiger partial charge in [-0.1, -0.05) is 41.9 Å². The summed E-state index contributed by atoms with van der Waals surface area (Å²) in [5.74, 6) is -0.415. The van der Waals surface area contributed by atoms with Gasteiger partial charge in [-0.25, -0.2) is 0 Å². The number of aromatic nitrogens is 2. The highest BCUT2D eigenvalue weighted by molar-refractivity contribution is 6.31. The number of rotatable bonds is 3. The highest BCUT2D eigenvalue weighted by Gasteiger charge is 2.20. The fraction of sp³-hybridized carbons (Fsp3) is 0.167. The second-order valence-corrected chi connectivity index (χ2v) is 6.05. The van der Waals surface area contributed by atoms with Gasteiger partial charge in [0, 0.05) is 25.7 Å². The van der Waals surface area contributed by atoms with E-state index in [2.05, 4.69) is 5.10 Å². The van der Waals surface area contributed by atoms with Crippen LogP contribution in [0.1, 0.15) is 16.1 Å². The van der Waals surface area contributed by atoms with E-state index in [0.717, 1.165) is 5.56 Å². The quantitative estimate of drug-likeness (QED) is 0.736. The van der Waals surface area contributed by atoms with Crippen LogP contribution in [-0.2, 0) is 13.6 Å². The first-order chi connectivity index (χ1) is 11.5. The summed E-state index contributed by atoms with van der Waals surface area (Å²) in [5, 5.41) is 4.99. The standard InChI is InChI=1S/C18H16ClN3O2/c1-21(11-12-6-4-3-5-7-12)18(24)16-17(23)14-10-13(19)8-9-15(14)22(2)20-16/h3-10H,11H2,1-2H3. The molecule has 3 rings (SSSR count). The minimum atomic E-state index is -0.415. The average Bonchev–Trinajstić information content (AvgIpc) is 2.58. The van der Waals surface area contributed by atoms with Crippen LogP contribution >= 0.6 is 11.6 Å². The molecule has 0 saturated heterocycles. The Labute approximate surface area is 144 Å². The summed E-state index contributed by atoms with van der Waals surface area (Å²) in [6.45, 7) is 0.401. The first kappa shape index (κ1) is 16.2. The van der Waals surface area contributed by atoms with Gasteiger partial charge in [0.25, 0.3) is 5.91 Å². The lowest BCUT2D eigenvalue weighted by molar-refractivity contribution is 0.0776. The van der Waals surface area contributed by atoms with E-state index >= 15 is 0 Å². The van der Waals surface area contributed by atoms with Gasteiger partial charge in [0.1, 0.15) is 0 Å². The maximum absolute atomic E-state index is 12.7. The Morgan fingerprint density at radius 3 is 2.62 bits per heavy atom. The summed E-state index contributed by atoms with van der Waals surface area (Å²) in [4.78, 5) is 26.8. The van der Waals surface area contributed by atoms with Crippen LogP contribution in [-0.4, -0.2) is 27.6 Å². The molecule has 1 heterocycles. The third-order valence-corrected chi connectivity index (χ3v) is 4.06. The molecule has 0 aliphatic carbocycles. The molecule has 0 saturated carbocycles. The molecule has 122 valence electrons. The van der Waals surface area contributed by atoms with Crippen molar-refractivity contribution < 1.29 is 4.79 Å². The topological polar surface area (TPSA) is 55.2 Å². The van der Waals surface area contributed by atoms with Gasteiger partial charge in [0.15, 0.2) is 5.69 Å². The van der Waals surface area contributed by atoms with Crippen molar-refractivity contribution in [3.8, 4) is 0 Å². The smallest absolute Gasteiger partial charge is 0.278 e. The number of hydrogen-bond donors (Lipinski definition) is 0. The SMILES string of the molecule is CN(Cc1ccccc1)C(=O)c1nn(C)c2ccc(Cl)cc2c1=O. The van der Waals surface area contributed by atoms with Gasteiger partial charge < -0.3 is 4.90 Å². The van der Waals surface area contributed by atoms with Gasteiger partial charge in [-0.2, -0.15) is 5.10 Å². The van der Waals surface area contributed by atoms with Crippen molar-refractivity contribution in [2.75, 3.05) is 7.05 Å². The molecule has 0 atom stereocenters. The fourth-order valence-corrected chi connectivity index (χ4v) is 2.77. The summed E-state index contributed by atoms with van der Waals surface area (Å²) in [6.07, 6.45) is 0. The van der Waals surface area contributed by atoms with Crippen LogP contribution in [0.25, 0.3) is 10.9 Å². The molecule has 6 heteroatoms. The maximum Gasteiger partial charge on any atom is 0.278 e. The number of aryl methyl sites for hydroxylation is 1. The van der Waals surface area contributed by atoms with Gasteiger partial charge in [-0.05, 0) is 23.8 Å². The molecular weight excluding hydrogens is 326 g/mol. The van der Waals surface area contributed by atoms with Crippen molar-refractivity contribution >= 4 is 28.4 Å². The summed E-state index contributed by atoms with van der Waals surface area (Å²) < 4.78 is 1.52. The Kier molecular flexibility index (Phi) is 4.36. The normalized spacial score (nSPS) is 10.8. The molecule has 0 N–H and O–H groups in total. The van der Waals surface area contributed by atoms with E-state index in [4.69, 9.17) is 11.6 Å². The van der Waals surface area contributed by atoms with Crippen LogP contribution in [0.4, 0.5) is 0 Å². The number of carbonyl (C=O) groups is 1. The molecule has 2 aromatic carbocycles. The Balaban J connectivity index is 2.01. The van der Waals surface area contributed by atoms with E-state index < -0.39 is 11.3 Å². The first-order valence-corrected chi connectivity index (χ1v) is 7.81. The molecule has 0 radical (unpaired) electrons. The van der Waals surface area contributed by atoms with Gasteiger partial charge >= 0.3 is 0 Å². The predicted octanol–water partition coefficient (Wildman–Crippen LogP) is 2.86. The van der Waals surface area contributed by atoms with Crippen molar-refractivity contribution in [3.63, 3.8) is 0 Å². The summed E-state index contributed by atoms with van der Waals surface area (Å²) in [6, 6.07) is 14.5. The fourth-order valence-electron chi connectivity index (χ4n) is 2.60. The van der Waals surface area contributed by atoms with E-state index in [1.807, 2.05) is 30.3 Å². The lowest BCUT2D eigenvalue weighted by atomic mass is 10.1. The number of amides is 1. The zero-order valence-electron chi connectivity index (χ0n) is 13.4. The van der Waals surface area contributed by atoms with E-state index in [-0.39, 0.29) is 5.69 Å². The van der Waals surface area contributed by atoms with Crippen molar-refractivity contribution in [3.05, 3.63) is 75.0 Å². The molecule has 0 aliphatic rings. The first-order valence-electron chi connectivity index (χ1n) is 7.43. The third-order valence-electron chi connectivity index (χ3n) is 3.83. The molecule has 0 fully saturated rings. The summed E-state index contributed by atoms with van der Waals surface area (Å²) >= 11 is 5.98. The number of halogens is 1. The van der Waals surface area contributed by atoms with Gasteiger partial charge in [-0.15, -0.1) is 0 Å². The van der Waals surface area contributed by atoms with E-state index in [0.29, 0.717) is 22.5 Å². The van der Waals surface area contributed by atoms with Crippen LogP contribution in [0.15, 0.2) is 53.3 Å². The lowest BCUT2D eigenvalue weighted by Gasteiger charge is -2.17. The predicted molar refractivity (Wildman–Crippen MR) is 94.2 cm³/mol. The van der Waals surface area contributed by atoms with E-state index in [1.165, 1.54) is 9.58 Å². The van der Waals surface area contributed by atoms with Crippen molar-refractivity contribution in [2.45, 2.75) is 6.54 Å². The van der Waals surface area contributed by atoms with Crippen LogP contribution in [0, 0.1) is 0 Å². The molecule has 0 aliphatic heterocycles. The Morgan fingerprint density at radius 2 is 1.92 bits per heavy atom. The average molecular weight is 342 g/mol. The van der Waals surface area contributed by atoms with Gasteiger partial charge in [0.05, 0.1) is 10.9 Å². The lowest BCUT2D eigenvalue weighted by Crippen LogP contribution is -2.33. The van der Waals surface area contributed by atoms with Crippen LogP contribution in [0.2, 0.25) is 5.02 Å². The number of hydrogen-bond acceptors (Lipinski definition) is 3. The molecule has 1 aromatic heterocycles. The van der Waals surface area contributed by atoms with Gasteiger partial charge in [0.2, 0.25) is 5.43 Å². The molecular formula is C18H16ClN3O2. The van der Waals surface area contributed by atoms with Crippen molar-refractivity contribution in [1.29, 1.82) is 0 Å². The molecule has 0 unspecified atom stereocenters. The minimum absolute atomic E-state index is 0.106. The Morgan fingerprint density at radius 1 is 1.21 bits per heavy atom. The second kappa shape index (κ2) is 6.45. The zero-order chi connectivity index (χ0) is 17.3. The Hall–Kier alpha value is -2.66. The number of fused-ring (bicyclic) bond motifs is 1. The minimum Gasteiger partial charge on any atom is -0.336 e. The molecule has 24 heavy (non-hydrogen) atoms. The van der Waals surface area contributed by atoms with Crippen molar-refractivity contribution in [2.24, 2.45) is 7.05 Å².